The third kappa shape index (κ3) is 4.50. The maximum atomic E-state index is 10.1. The van der Waals surface area contributed by atoms with E-state index in [9.17, 15) is 5.11 Å². The summed E-state index contributed by atoms with van der Waals surface area (Å²) in [5.41, 5.74) is 1.11. The lowest BCUT2D eigenvalue weighted by molar-refractivity contribution is 0.0559. The van der Waals surface area contributed by atoms with Crippen molar-refractivity contribution in [2.75, 3.05) is 20.2 Å². The fraction of sp³-hybridized carbons (Fsp3) is 0.647. The molecule has 0 bridgehead atoms. The van der Waals surface area contributed by atoms with Gasteiger partial charge in [-0.05, 0) is 38.4 Å². The van der Waals surface area contributed by atoms with Crippen molar-refractivity contribution in [1.29, 1.82) is 0 Å². The van der Waals surface area contributed by atoms with Gasteiger partial charge in [0, 0.05) is 12.6 Å². The van der Waals surface area contributed by atoms with Gasteiger partial charge in [-0.25, -0.2) is 0 Å². The van der Waals surface area contributed by atoms with Crippen LogP contribution in [0, 0.1) is 6.92 Å². The van der Waals surface area contributed by atoms with Crippen LogP contribution in [0.4, 0.5) is 0 Å². The first-order chi connectivity index (χ1) is 9.66. The lowest BCUT2D eigenvalue weighted by Crippen LogP contribution is -2.40. The predicted octanol–water partition coefficient (Wildman–Crippen LogP) is 3.00. The van der Waals surface area contributed by atoms with Crippen LogP contribution in [0.2, 0.25) is 0 Å². The molecule has 1 aromatic carbocycles. The Morgan fingerprint density at radius 3 is 2.65 bits per heavy atom. The number of nitrogens with zero attached hydrogens (tertiary/aromatic N) is 1. The van der Waals surface area contributed by atoms with Gasteiger partial charge in [-0.2, -0.15) is 0 Å². The van der Waals surface area contributed by atoms with E-state index in [1.165, 1.54) is 32.1 Å². The first kappa shape index (κ1) is 15.3. The minimum Gasteiger partial charge on any atom is -0.491 e. The molecule has 1 fully saturated rings. The van der Waals surface area contributed by atoms with Crippen molar-refractivity contribution in [1.82, 2.24) is 4.90 Å². The lowest BCUT2D eigenvalue weighted by atomic mass is 9.94. The molecule has 112 valence electrons. The number of hydrogen-bond donors (Lipinski definition) is 1. The highest BCUT2D eigenvalue weighted by Gasteiger charge is 2.20. The predicted molar refractivity (Wildman–Crippen MR) is 82.2 cm³/mol. The molecule has 3 nitrogen and oxygen atoms in total. The molecule has 0 aromatic heterocycles. The fourth-order valence-electron chi connectivity index (χ4n) is 2.96. The maximum absolute atomic E-state index is 10.1. The Kier molecular flexibility index (Phi) is 5.86. The molecule has 3 heteroatoms. The number of para-hydroxylation sites is 1. The fourth-order valence-corrected chi connectivity index (χ4v) is 2.96. The number of aliphatic hydroxyl groups excluding tert-OH is 1. The van der Waals surface area contributed by atoms with Crippen molar-refractivity contribution in [2.24, 2.45) is 0 Å². The number of rotatable bonds is 6. The second-order valence-electron chi connectivity index (χ2n) is 5.96. The Morgan fingerprint density at radius 1 is 1.25 bits per heavy atom. The molecular weight excluding hydrogens is 250 g/mol. The summed E-state index contributed by atoms with van der Waals surface area (Å²) in [6.07, 6.45) is 6.12. The molecule has 0 heterocycles. The van der Waals surface area contributed by atoms with E-state index in [2.05, 4.69) is 11.9 Å². The zero-order valence-electron chi connectivity index (χ0n) is 12.7. The smallest absolute Gasteiger partial charge is 0.122 e. The number of likely N-dealkylation sites (N-methyl/N-ethyl adjacent to an activating group) is 1. The molecular formula is C17H27NO2. The minimum atomic E-state index is -0.429. The third-order valence-corrected chi connectivity index (χ3v) is 4.22. The van der Waals surface area contributed by atoms with Crippen LogP contribution in [0.25, 0.3) is 0 Å². The lowest BCUT2D eigenvalue weighted by Gasteiger charge is -2.32. The van der Waals surface area contributed by atoms with E-state index < -0.39 is 6.10 Å². The van der Waals surface area contributed by atoms with E-state index in [-0.39, 0.29) is 0 Å². The Bertz CT molecular complexity index is 402. The third-order valence-electron chi connectivity index (χ3n) is 4.22. The van der Waals surface area contributed by atoms with Gasteiger partial charge in [0.15, 0.2) is 0 Å². The van der Waals surface area contributed by atoms with E-state index >= 15 is 0 Å². The SMILES string of the molecule is Cc1ccccc1OCC(O)CN(C)C1CCCCC1. The summed E-state index contributed by atoms with van der Waals surface area (Å²) in [5, 5.41) is 10.1. The van der Waals surface area contributed by atoms with Gasteiger partial charge < -0.3 is 14.7 Å². The molecule has 0 saturated heterocycles. The first-order valence-electron chi connectivity index (χ1n) is 7.73. The van der Waals surface area contributed by atoms with Crippen molar-refractivity contribution in [3.05, 3.63) is 29.8 Å². The first-order valence-corrected chi connectivity index (χ1v) is 7.73. The van der Waals surface area contributed by atoms with Gasteiger partial charge in [0.1, 0.15) is 18.5 Å². The van der Waals surface area contributed by atoms with Crippen LogP contribution in [-0.4, -0.2) is 42.4 Å². The van der Waals surface area contributed by atoms with E-state index in [0.717, 1.165) is 11.3 Å². The highest BCUT2D eigenvalue weighted by Crippen LogP contribution is 2.22. The number of aliphatic hydroxyl groups is 1. The molecule has 1 atom stereocenters. The Morgan fingerprint density at radius 2 is 1.95 bits per heavy atom. The van der Waals surface area contributed by atoms with Crippen molar-refractivity contribution in [2.45, 2.75) is 51.2 Å². The van der Waals surface area contributed by atoms with E-state index in [4.69, 9.17) is 4.74 Å². The molecule has 1 aromatic rings. The highest BCUT2D eigenvalue weighted by molar-refractivity contribution is 5.31. The van der Waals surface area contributed by atoms with Gasteiger partial charge in [0.05, 0.1) is 0 Å². The average molecular weight is 277 g/mol. The molecule has 1 unspecified atom stereocenters. The summed E-state index contributed by atoms with van der Waals surface area (Å²) in [5.74, 6) is 0.867. The zero-order chi connectivity index (χ0) is 14.4. The van der Waals surface area contributed by atoms with Gasteiger partial charge >= 0.3 is 0 Å². The molecule has 1 aliphatic carbocycles. The van der Waals surface area contributed by atoms with Crippen LogP contribution in [-0.2, 0) is 0 Å². The van der Waals surface area contributed by atoms with Crippen molar-refractivity contribution in [3.8, 4) is 5.75 Å². The average Bonchev–Trinajstić information content (AvgIpc) is 2.47. The summed E-state index contributed by atoms with van der Waals surface area (Å²) in [4.78, 5) is 2.30. The van der Waals surface area contributed by atoms with E-state index in [0.29, 0.717) is 19.2 Å². The summed E-state index contributed by atoms with van der Waals surface area (Å²) in [6, 6.07) is 8.57. The van der Waals surface area contributed by atoms with Gasteiger partial charge in [0.2, 0.25) is 0 Å². The minimum absolute atomic E-state index is 0.363. The Labute approximate surface area is 122 Å². The van der Waals surface area contributed by atoms with Crippen molar-refractivity contribution >= 4 is 0 Å². The number of aryl methyl sites for hydroxylation is 1. The molecule has 0 radical (unpaired) electrons. The summed E-state index contributed by atoms with van der Waals surface area (Å²) < 4.78 is 5.71. The molecule has 20 heavy (non-hydrogen) atoms. The van der Waals surface area contributed by atoms with Gasteiger partial charge in [0.25, 0.3) is 0 Å². The number of benzene rings is 1. The van der Waals surface area contributed by atoms with Crippen molar-refractivity contribution < 1.29 is 9.84 Å². The van der Waals surface area contributed by atoms with Crippen molar-refractivity contribution in [3.63, 3.8) is 0 Å². The van der Waals surface area contributed by atoms with Gasteiger partial charge in [-0.3, -0.25) is 0 Å². The van der Waals surface area contributed by atoms with Gasteiger partial charge in [-0.1, -0.05) is 37.5 Å². The molecule has 0 aliphatic heterocycles. The van der Waals surface area contributed by atoms with Crippen LogP contribution >= 0.6 is 0 Å². The summed E-state index contributed by atoms with van der Waals surface area (Å²) in [6.45, 7) is 3.08. The molecule has 1 aliphatic rings. The molecule has 1 N–H and O–H groups in total. The van der Waals surface area contributed by atoms with Crippen LogP contribution in [0.1, 0.15) is 37.7 Å². The topological polar surface area (TPSA) is 32.7 Å². The molecule has 1 saturated carbocycles. The second-order valence-corrected chi connectivity index (χ2v) is 5.96. The van der Waals surface area contributed by atoms with Crippen LogP contribution in [0.3, 0.4) is 0 Å². The van der Waals surface area contributed by atoms with Crippen LogP contribution in [0.5, 0.6) is 5.75 Å². The number of ether oxygens (including phenoxy) is 1. The largest absolute Gasteiger partial charge is 0.491 e. The van der Waals surface area contributed by atoms with Gasteiger partial charge in [-0.15, -0.1) is 0 Å². The second kappa shape index (κ2) is 7.65. The summed E-state index contributed by atoms with van der Waals surface area (Å²) >= 11 is 0. The normalized spacial score (nSPS) is 18.2. The van der Waals surface area contributed by atoms with Crippen LogP contribution < -0.4 is 4.74 Å². The highest BCUT2D eigenvalue weighted by atomic mass is 16.5. The Balaban J connectivity index is 1.74. The van der Waals surface area contributed by atoms with E-state index in [1.54, 1.807) is 0 Å². The molecule has 0 spiro atoms. The number of hydrogen-bond acceptors (Lipinski definition) is 3. The Hall–Kier alpha value is -1.06. The molecule has 0 amide bonds. The summed E-state index contributed by atoms with van der Waals surface area (Å²) in [7, 11) is 2.12. The zero-order valence-corrected chi connectivity index (χ0v) is 12.7. The van der Waals surface area contributed by atoms with Crippen LogP contribution in [0.15, 0.2) is 24.3 Å². The monoisotopic (exact) mass is 277 g/mol. The standard InChI is InChI=1S/C17H27NO2/c1-14-8-6-7-11-17(14)20-13-16(19)12-18(2)15-9-4-3-5-10-15/h6-8,11,15-16,19H,3-5,9-10,12-13H2,1-2H3. The maximum Gasteiger partial charge on any atom is 0.122 e. The van der Waals surface area contributed by atoms with E-state index in [1.807, 2.05) is 31.2 Å². The molecule has 2 rings (SSSR count). The quantitative estimate of drug-likeness (QED) is 0.867.